The zero-order valence-electron chi connectivity index (χ0n) is 10.4. The molecule has 2 unspecified atom stereocenters. The zero-order chi connectivity index (χ0) is 13.1. The predicted octanol–water partition coefficient (Wildman–Crippen LogP) is 3.22. The Morgan fingerprint density at radius 1 is 1.35 bits per heavy atom. The maximum Gasteiger partial charge on any atom is 0.391 e. The van der Waals surface area contributed by atoms with E-state index in [0.29, 0.717) is 19.4 Å². The Morgan fingerprint density at radius 2 is 2.00 bits per heavy atom. The summed E-state index contributed by atoms with van der Waals surface area (Å²) in [5, 5.41) is 0. The number of halogens is 3. The molecule has 0 aromatic rings. The van der Waals surface area contributed by atoms with Gasteiger partial charge in [-0.3, -0.25) is 4.79 Å². The van der Waals surface area contributed by atoms with Crippen LogP contribution in [0.15, 0.2) is 0 Å². The molecule has 0 N–H and O–H groups in total. The van der Waals surface area contributed by atoms with Crippen molar-refractivity contribution in [2.75, 3.05) is 13.6 Å². The third-order valence-electron chi connectivity index (χ3n) is 3.42. The second kappa shape index (κ2) is 5.74. The summed E-state index contributed by atoms with van der Waals surface area (Å²) >= 11 is 0. The first-order valence-electron chi connectivity index (χ1n) is 6.18. The van der Waals surface area contributed by atoms with Crippen molar-refractivity contribution < 1.29 is 18.0 Å². The first-order valence-corrected chi connectivity index (χ1v) is 6.18. The number of carbonyl (C=O) groups excluding carboxylic acids is 1. The molecule has 1 aliphatic rings. The molecule has 0 saturated heterocycles. The highest BCUT2D eigenvalue weighted by molar-refractivity contribution is 5.78. The quantitative estimate of drug-likeness (QED) is 0.754. The normalized spacial score (nSPS) is 25.7. The van der Waals surface area contributed by atoms with Crippen molar-refractivity contribution in [3.63, 3.8) is 0 Å². The molecule has 100 valence electrons. The molecule has 0 aliphatic heterocycles. The summed E-state index contributed by atoms with van der Waals surface area (Å²) in [5.41, 5.74) is 0. The van der Waals surface area contributed by atoms with Crippen molar-refractivity contribution >= 4 is 5.91 Å². The second-order valence-corrected chi connectivity index (χ2v) is 4.86. The van der Waals surface area contributed by atoms with Gasteiger partial charge in [-0.2, -0.15) is 13.2 Å². The molecule has 2 nitrogen and oxygen atoms in total. The van der Waals surface area contributed by atoms with Crippen LogP contribution in [0.5, 0.6) is 0 Å². The lowest BCUT2D eigenvalue weighted by Gasteiger charge is -2.32. The van der Waals surface area contributed by atoms with E-state index < -0.39 is 18.0 Å². The summed E-state index contributed by atoms with van der Waals surface area (Å²) in [5.74, 6) is -1.85. The summed E-state index contributed by atoms with van der Waals surface area (Å²) in [4.78, 5) is 13.5. The maximum absolute atomic E-state index is 12.6. The lowest BCUT2D eigenvalue weighted by Crippen LogP contribution is -2.38. The van der Waals surface area contributed by atoms with E-state index in [4.69, 9.17) is 0 Å². The van der Waals surface area contributed by atoms with Gasteiger partial charge in [0.1, 0.15) is 0 Å². The van der Waals surface area contributed by atoms with Crippen LogP contribution in [0, 0.1) is 11.8 Å². The average Bonchev–Trinajstić information content (AvgIpc) is 2.27. The number of alkyl halides is 3. The summed E-state index contributed by atoms with van der Waals surface area (Å²) in [6.45, 7) is 2.56. The summed E-state index contributed by atoms with van der Waals surface area (Å²) in [7, 11) is 1.67. The van der Waals surface area contributed by atoms with Crippen LogP contribution in [0.25, 0.3) is 0 Å². The smallest absolute Gasteiger partial charge is 0.346 e. The molecule has 1 amide bonds. The van der Waals surface area contributed by atoms with Crippen LogP contribution in [-0.2, 0) is 4.79 Å². The highest BCUT2D eigenvalue weighted by Gasteiger charge is 2.43. The molecule has 2 atom stereocenters. The second-order valence-electron chi connectivity index (χ2n) is 4.86. The van der Waals surface area contributed by atoms with Crippen molar-refractivity contribution in [3.05, 3.63) is 0 Å². The van der Waals surface area contributed by atoms with Gasteiger partial charge in [0.2, 0.25) is 5.91 Å². The van der Waals surface area contributed by atoms with Crippen molar-refractivity contribution in [1.29, 1.82) is 0 Å². The maximum atomic E-state index is 12.6. The van der Waals surface area contributed by atoms with Gasteiger partial charge in [0.25, 0.3) is 0 Å². The largest absolute Gasteiger partial charge is 0.391 e. The fraction of sp³-hybridized carbons (Fsp3) is 0.917. The topological polar surface area (TPSA) is 20.3 Å². The molecule has 1 rings (SSSR count). The molecular formula is C12H20F3NO. The lowest BCUT2D eigenvalue weighted by atomic mass is 9.80. The Labute approximate surface area is 100 Å². The number of hydrogen-bond donors (Lipinski definition) is 0. The SMILES string of the molecule is CCCN(C)C(=O)C1CCCC(C(F)(F)F)C1. The fourth-order valence-electron chi connectivity index (χ4n) is 2.47. The molecule has 1 saturated carbocycles. The first kappa shape index (κ1) is 14.3. The standard InChI is InChI=1S/C12H20F3NO/c1-3-7-16(2)11(17)9-5-4-6-10(8-9)12(13,14)15/h9-10H,3-8H2,1-2H3. The minimum atomic E-state index is -4.15. The third-order valence-corrected chi connectivity index (χ3v) is 3.42. The van der Waals surface area contributed by atoms with Gasteiger partial charge in [-0.1, -0.05) is 13.3 Å². The summed E-state index contributed by atoms with van der Waals surface area (Å²) < 4.78 is 37.8. The molecule has 0 heterocycles. The molecule has 0 radical (unpaired) electrons. The Hall–Kier alpha value is -0.740. The van der Waals surface area contributed by atoms with Gasteiger partial charge < -0.3 is 4.90 Å². The van der Waals surface area contributed by atoms with Gasteiger partial charge >= 0.3 is 6.18 Å². The number of carbonyl (C=O) groups is 1. The van der Waals surface area contributed by atoms with E-state index in [1.165, 1.54) is 0 Å². The lowest BCUT2D eigenvalue weighted by molar-refractivity contribution is -0.187. The molecule has 1 aliphatic carbocycles. The van der Waals surface area contributed by atoms with Crippen LogP contribution in [0.3, 0.4) is 0 Å². The molecule has 0 aromatic carbocycles. The minimum Gasteiger partial charge on any atom is -0.346 e. The zero-order valence-corrected chi connectivity index (χ0v) is 10.4. The first-order chi connectivity index (χ1) is 7.86. The fourth-order valence-corrected chi connectivity index (χ4v) is 2.47. The molecule has 0 spiro atoms. The highest BCUT2D eigenvalue weighted by Crippen LogP contribution is 2.40. The average molecular weight is 251 g/mol. The van der Waals surface area contributed by atoms with Gasteiger partial charge in [-0.05, 0) is 25.7 Å². The van der Waals surface area contributed by atoms with Crippen LogP contribution < -0.4 is 0 Å². The van der Waals surface area contributed by atoms with Crippen LogP contribution >= 0.6 is 0 Å². The van der Waals surface area contributed by atoms with E-state index in [1.807, 2.05) is 6.92 Å². The van der Waals surface area contributed by atoms with E-state index in [2.05, 4.69) is 0 Å². The van der Waals surface area contributed by atoms with Crippen LogP contribution in [0.2, 0.25) is 0 Å². The Morgan fingerprint density at radius 3 is 2.53 bits per heavy atom. The van der Waals surface area contributed by atoms with Crippen molar-refractivity contribution in [3.8, 4) is 0 Å². The van der Waals surface area contributed by atoms with E-state index in [0.717, 1.165) is 6.42 Å². The number of hydrogen-bond acceptors (Lipinski definition) is 1. The molecule has 0 aromatic heterocycles. The van der Waals surface area contributed by atoms with E-state index in [-0.39, 0.29) is 18.7 Å². The van der Waals surface area contributed by atoms with E-state index >= 15 is 0 Å². The monoisotopic (exact) mass is 251 g/mol. The van der Waals surface area contributed by atoms with Gasteiger partial charge in [0.15, 0.2) is 0 Å². The van der Waals surface area contributed by atoms with E-state index in [9.17, 15) is 18.0 Å². The number of amides is 1. The number of nitrogens with zero attached hydrogens (tertiary/aromatic N) is 1. The van der Waals surface area contributed by atoms with Crippen molar-refractivity contribution in [2.45, 2.75) is 45.2 Å². The summed E-state index contributed by atoms with van der Waals surface area (Å²) in [6, 6.07) is 0. The Kier molecular flexibility index (Phi) is 4.83. The van der Waals surface area contributed by atoms with Gasteiger partial charge in [0.05, 0.1) is 5.92 Å². The molecular weight excluding hydrogens is 231 g/mol. The van der Waals surface area contributed by atoms with Gasteiger partial charge in [-0.25, -0.2) is 0 Å². The highest BCUT2D eigenvalue weighted by atomic mass is 19.4. The molecule has 1 fully saturated rings. The number of rotatable bonds is 3. The van der Waals surface area contributed by atoms with Crippen molar-refractivity contribution in [1.82, 2.24) is 4.90 Å². The predicted molar refractivity (Wildman–Crippen MR) is 59.4 cm³/mol. The minimum absolute atomic E-state index is 0.0314. The van der Waals surface area contributed by atoms with Gasteiger partial charge in [-0.15, -0.1) is 0 Å². The molecule has 0 bridgehead atoms. The van der Waals surface area contributed by atoms with Crippen molar-refractivity contribution in [2.24, 2.45) is 11.8 Å². The Bertz CT molecular complexity index is 265. The third kappa shape index (κ3) is 3.89. The molecule has 5 heteroatoms. The Balaban J connectivity index is 2.57. The van der Waals surface area contributed by atoms with Crippen LogP contribution in [0.4, 0.5) is 13.2 Å². The molecule has 17 heavy (non-hydrogen) atoms. The van der Waals surface area contributed by atoms with Gasteiger partial charge in [0, 0.05) is 19.5 Å². The van der Waals surface area contributed by atoms with Crippen LogP contribution in [0.1, 0.15) is 39.0 Å². The van der Waals surface area contributed by atoms with Crippen LogP contribution in [-0.4, -0.2) is 30.6 Å². The van der Waals surface area contributed by atoms with E-state index in [1.54, 1.807) is 11.9 Å². The summed E-state index contributed by atoms with van der Waals surface area (Å²) in [6.07, 6.45) is -2.08.